The summed E-state index contributed by atoms with van der Waals surface area (Å²) in [5.74, 6) is 0.155. The number of carbonyl (C=O) groups excluding carboxylic acids is 1. The summed E-state index contributed by atoms with van der Waals surface area (Å²) in [7, 11) is 0. The number of hydrogen-bond acceptors (Lipinski definition) is 1. The number of amides is 1. The van der Waals surface area contributed by atoms with Crippen LogP contribution in [-0.2, 0) is 11.2 Å². The van der Waals surface area contributed by atoms with Gasteiger partial charge in [0.1, 0.15) is 0 Å². The van der Waals surface area contributed by atoms with Gasteiger partial charge in [-0.3, -0.25) is 4.79 Å². The second-order valence-corrected chi connectivity index (χ2v) is 5.03. The quantitative estimate of drug-likeness (QED) is 0.840. The van der Waals surface area contributed by atoms with Crippen molar-refractivity contribution in [3.8, 4) is 0 Å². The summed E-state index contributed by atoms with van der Waals surface area (Å²) in [5.41, 5.74) is 7.69. The molecule has 0 saturated heterocycles. The maximum Gasteiger partial charge on any atom is 0.231 e. The fraction of sp³-hybridized carbons (Fsp3) is 0.417. The lowest BCUT2D eigenvalue weighted by atomic mass is 9.94. The van der Waals surface area contributed by atoms with Crippen LogP contribution in [0.2, 0.25) is 0 Å². The van der Waals surface area contributed by atoms with Gasteiger partial charge in [-0.1, -0.05) is 54.0 Å². The molecule has 0 bridgehead atoms. The molecule has 0 aliphatic heterocycles. The Morgan fingerprint density at radius 3 is 2.53 bits per heavy atom. The van der Waals surface area contributed by atoms with Crippen molar-refractivity contribution < 1.29 is 4.79 Å². The first-order chi connectivity index (χ1) is 7.02. The van der Waals surface area contributed by atoms with E-state index in [9.17, 15) is 4.79 Å². The Balaban J connectivity index is 2.89. The lowest BCUT2D eigenvalue weighted by Crippen LogP contribution is -2.25. The molecule has 0 aliphatic rings. The molecule has 1 atom stereocenters. The van der Waals surface area contributed by atoms with Crippen molar-refractivity contribution in [3.63, 3.8) is 0 Å². The molecule has 0 aliphatic carbocycles. The van der Waals surface area contributed by atoms with Crippen molar-refractivity contribution in [2.75, 3.05) is 0 Å². The van der Waals surface area contributed by atoms with E-state index in [0.717, 1.165) is 0 Å². The van der Waals surface area contributed by atoms with Gasteiger partial charge in [-0.15, -0.1) is 0 Å². The van der Waals surface area contributed by atoms with E-state index in [2.05, 4.69) is 35.8 Å². The molecule has 2 N–H and O–H groups in total. The third-order valence-corrected chi connectivity index (χ3v) is 3.16. The normalized spacial score (nSPS) is 12.8. The standard InChI is InChI=1S/C12H16BrNO/c1-8(2)10-6-4-3-5-9(10)7-11(13)12(14)15/h3-6,8,11H,7H2,1-2H3,(H2,14,15). The summed E-state index contributed by atoms with van der Waals surface area (Å²) in [6.07, 6.45) is 0.656. The van der Waals surface area contributed by atoms with E-state index in [1.807, 2.05) is 18.2 Å². The van der Waals surface area contributed by atoms with Gasteiger partial charge in [-0.25, -0.2) is 0 Å². The van der Waals surface area contributed by atoms with Gasteiger partial charge in [-0.05, 0) is 23.5 Å². The Labute approximate surface area is 99.0 Å². The molecule has 1 aromatic rings. The number of nitrogens with two attached hydrogens (primary N) is 1. The highest BCUT2D eigenvalue weighted by atomic mass is 79.9. The van der Waals surface area contributed by atoms with Gasteiger partial charge in [-0.2, -0.15) is 0 Å². The summed E-state index contributed by atoms with van der Waals surface area (Å²) in [6.45, 7) is 4.29. The molecule has 2 nitrogen and oxygen atoms in total. The van der Waals surface area contributed by atoms with Crippen molar-refractivity contribution >= 4 is 21.8 Å². The number of primary amides is 1. The fourth-order valence-corrected chi connectivity index (χ4v) is 1.93. The van der Waals surface area contributed by atoms with E-state index in [-0.39, 0.29) is 10.7 Å². The number of hydrogen-bond donors (Lipinski definition) is 1. The van der Waals surface area contributed by atoms with Crippen molar-refractivity contribution in [2.45, 2.75) is 31.0 Å². The average molecular weight is 270 g/mol. The number of alkyl halides is 1. The molecule has 0 saturated carbocycles. The van der Waals surface area contributed by atoms with Crippen LogP contribution in [0.5, 0.6) is 0 Å². The van der Waals surface area contributed by atoms with E-state index < -0.39 is 0 Å². The van der Waals surface area contributed by atoms with Crippen LogP contribution in [0, 0.1) is 0 Å². The maximum absolute atomic E-state index is 11.0. The number of carbonyl (C=O) groups is 1. The van der Waals surface area contributed by atoms with Crippen LogP contribution in [-0.4, -0.2) is 10.7 Å². The molecule has 1 unspecified atom stereocenters. The van der Waals surface area contributed by atoms with Gasteiger partial charge in [0.2, 0.25) is 5.91 Å². The van der Waals surface area contributed by atoms with Crippen LogP contribution < -0.4 is 5.73 Å². The second-order valence-electron chi connectivity index (χ2n) is 3.93. The van der Waals surface area contributed by atoms with Gasteiger partial charge in [0.05, 0.1) is 4.83 Å². The summed E-state index contributed by atoms with van der Waals surface area (Å²) in [6, 6.07) is 8.15. The molecule has 0 radical (unpaired) electrons. The first kappa shape index (κ1) is 12.2. The van der Waals surface area contributed by atoms with Crippen molar-refractivity contribution in [2.24, 2.45) is 5.73 Å². The minimum Gasteiger partial charge on any atom is -0.369 e. The molecule has 82 valence electrons. The molecule has 1 aromatic carbocycles. The molecule has 0 heterocycles. The van der Waals surface area contributed by atoms with Gasteiger partial charge in [0.25, 0.3) is 0 Å². The summed E-state index contributed by atoms with van der Waals surface area (Å²) in [5, 5.41) is 0. The predicted molar refractivity (Wildman–Crippen MR) is 66.1 cm³/mol. The highest BCUT2D eigenvalue weighted by Gasteiger charge is 2.14. The average Bonchev–Trinajstić information content (AvgIpc) is 2.18. The van der Waals surface area contributed by atoms with Crippen LogP contribution in [0.1, 0.15) is 30.9 Å². The molecular formula is C12H16BrNO. The SMILES string of the molecule is CC(C)c1ccccc1CC(Br)C(N)=O. The Bertz CT molecular complexity index is 349. The van der Waals surface area contributed by atoms with Crippen LogP contribution >= 0.6 is 15.9 Å². The molecule has 0 fully saturated rings. The van der Waals surface area contributed by atoms with E-state index in [1.165, 1.54) is 11.1 Å². The Morgan fingerprint density at radius 2 is 2.00 bits per heavy atom. The molecule has 0 aromatic heterocycles. The molecule has 3 heteroatoms. The number of benzene rings is 1. The fourth-order valence-electron chi connectivity index (χ4n) is 1.58. The van der Waals surface area contributed by atoms with E-state index in [4.69, 9.17) is 5.73 Å². The third kappa shape index (κ3) is 3.34. The van der Waals surface area contributed by atoms with Crippen molar-refractivity contribution in [1.82, 2.24) is 0 Å². The summed E-state index contributed by atoms with van der Waals surface area (Å²) >= 11 is 3.29. The highest BCUT2D eigenvalue weighted by molar-refractivity contribution is 9.10. The molecular weight excluding hydrogens is 254 g/mol. The van der Waals surface area contributed by atoms with Gasteiger partial charge in [0, 0.05) is 0 Å². The highest BCUT2D eigenvalue weighted by Crippen LogP contribution is 2.21. The number of rotatable bonds is 4. The summed E-state index contributed by atoms with van der Waals surface area (Å²) < 4.78 is 0. The lowest BCUT2D eigenvalue weighted by Gasteiger charge is -2.13. The number of halogens is 1. The van der Waals surface area contributed by atoms with Crippen LogP contribution in [0.15, 0.2) is 24.3 Å². The van der Waals surface area contributed by atoms with Gasteiger partial charge in [0.15, 0.2) is 0 Å². The lowest BCUT2D eigenvalue weighted by molar-refractivity contribution is -0.117. The van der Waals surface area contributed by atoms with Gasteiger partial charge < -0.3 is 5.73 Å². The minimum absolute atomic E-state index is 0.280. The van der Waals surface area contributed by atoms with Crippen molar-refractivity contribution in [3.05, 3.63) is 35.4 Å². The topological polar surface area (TPSA) is 43.1 Å². The molecule has 15 heavy (non-hydrogen) atoms. The van der Waals surface area contributed by atoms with E-state index in [1.54, 1.807) is 0 Å². The Hall–Kier alpha value is -0.830. The van der Waals surface area contributed by atoms with Gasteiger partial charge >= 0.3 is 0 Å². The third-order valence-electron chi connectivity index (χ3n) is 2.38. The van der Waals surface area contributed by atoms with Crippen LogP contribution in [0.3, 0.4) is 0 Å². The molecule has 0 spiro atoms. The van der Waals surface area contributed by atoms with Crippen LogP contribution in [0.4, 0.5) is 0 Å². The van der Waals surface area contributed by atoms with Crippen LogP contribution in [0.25, 0.3) is 0 Å². The summed E-state index contributed by atoms with van der Waals surface area (Å²) in [4.78, 5) is 10.7. The molecule has 1 rings (SSSR count). The second kappa shape index (κ2) is 5.31. The zero-order valence-corrected chi connectivity index (χ0v) is 10.6. The largest absolute Gasteiger partial charge is 0.369 e. The first-order valence-corrected chi connectivity index (χ1v) is 5.95. The van der Waals surface area contributed by atoms with E-state index in [0.29, 0.717) is 12.3 Å². The predicted octanol–water partition coefficient (Wildman–Crippen LogP) is 2.60. The maximum atomic E-state index is 11.0. The zero-order chi connectivity index (χ0) is 11.4. The zero-order valence-electron chi connectivity index (χ0n) is 9.03. The molecule has 1 amide bonds. The van der Waals surface area contributed by atoms with Crippen molar-refractivity contribution in [1.29, 1.82) is 0 Å². The Kier molecular flexibility index (Phi) is 4.33. The van der Waals surface area contributed by atoms with E-state index >= 15 is 0 Å². The minimum atomic E-state index is -0.312. The smallest absolute Gasteiger partial charge is 0.231 e. The first-order valence-electron chi connectivity index (χ1n) is 5.03. The monoisotopic (exact) mass is 269 g/mol. The Morgan fingerprint density at radius 1 is 1.40 bits per heavy atom.